The summed E-state index contributed by atoms with van der Waals surface area (Å²) in [7, 11) is 0. The van der Waals surface area contributed by atoms with Crippen LogP contribution in [-0.2, 0) is 5.41 Å². The Morgan fingerprint density at radius 1 is 0.852 bits per heavy atom. The monoisotopic (exact) mass is 355 g/mol. The van der Waals surface area contributed by atoms with Crippen molar-refractivity contribution >= 4 is 11.4 Å². The SMILES string of the molecule is [2H]C1N2c3ccccc3C(C)(c3ccccc3)C2[C@H](C)N1c1ccccc1C. The molecule has 2 aliphatic heterocycles. The first kappa shape index (κ1) is 15.3. The molecule has 0 amide bonds. The van der Waals surface area contributed by atoms with Crippen LogP contribution in [0.3, 0.4) is 0 Å². The standard InChI is InChI=1S/C25H26N2/c1-18-11-7-9-15-22(18)26-17-27-23-16-10-8-14-21(23)25(3,24(27)19(26)2)20-12-5-4-6-13-20/h4-16,19,24H,17H2,1-3H3/t19-,24?,25?/m0/s1/i17D/t17?,19-,24?,25?. The molecule has 27 heavy (non-hydrogen) atoms. The number of aryl methyl sites for hydroxylation is 1. The molecule has 2 heteroatoms. The zero-order valence-electron chi connectivity index (χ0n) is 17.1. The van der Waals surface area contributed by atoms with Crippen molar-refractivity contribution in [1.82, 2.24) is 0 Å². The quantitative estimate of drug-likeness (QED) is 0.611. The van der Waals surface area contributed by atoms with Crippen molar-refractivity contribution in [2.45, 2.75) is 38.3 Å². The molecular weight excluding hydrogens is 328 g/mol. The van der Waals surface area contributed by atoms with E-state index in [0.29, 0.717) is 0 Å². The van der Waals surface area contributed by atoms with Gasteiger partial charge in [0.05, 0.1) is 14.1 Å². The van der Waals surface area contributed by atoms with Crippen LogP contribution in [0.1, 0.15) is 31.9 Å². The summed E-state index contributed by atoms with van der Waals surface area (Å²) in [4.78, 5) is 4.62. The van der Waals surface area contributed by atoms with Crippen LogP contribution in [0, 0.1) is 6.92 Å². The molecule has 3 aromatic carbocycles. The summed E-state index contributed by atoms with van der Waals surface area (Å²) in [5.41, 5.74) is 6.08. The van der Waals surface area contributed by atoms with Gasteiger partial charge in [0.1, 0.15) is 0 Å². The molecule has 0 aliphatic carbocycles. The maximum atomic E-state index is 9.20. The van der Waals surface area contributed by atoms with Gasteiger partial charge in [0, 0.05) is 22.8 Å². The molecular formula is C25H26N2. The van der Waals surface area contributed by atoms with Crippen molar-refractivity contribution in [3.8, 4) is 0 Å². The van der Waals surface area contributed by atoms with Crippen LogP contribution in [-0.4, -0.2) is 18.7 Å². The minimum atomic E-state index is -0.437. The zero-order chi connectivity index (χ0) is 19.5. The smallest absolute Gasteiger partial charge is 0.0911 e. The van der Waals surface area contributed by atoms with Gasteiger partial charge in [-0.1, -0.05) is 66.7 Å². The van der Waals surface area contributed by atoms with Gasteiger partial charge in [-0.05, 0) is 49.6 Å². The third-order valence-electron chi connectivity index (χ3n) is 6.54. The van der Waals surface area contributed by atoms with Crippen molar-refractivity contribution in [3.63, 3.8) is 0 Å². The summed E-state index contributed by atoms with van der Waals surface area (Å²) in [5, 5.41) is 0. The van der Waals surface area contributed by atoms with Crippen LogP contribution in [0.25, 0.3) is 0 Å². The van der Waals surface area contributed by atoms with E-state index in [0.717, 1.165) is 5.69 Å². The Morgan fingerprint density at radius 3 is 2.22 bits per heavy atom. The Balaban J connectivity index is 1.72. The van der Waals surface area contributed by atoms with E-state index in [9.17, 15) is 1.37 Å². The molecule has 2 heterocycles. The van der Waals surface area contributed by atoms with Gasteiger partial charge in [0.15, 0.2) is 0 Å². The lowest BCUT2D eigenvalue weighted by Crippen LogP contribution is -2.46. The first-order valence-electron chi connectivity index (χ1n) is 10.3. The van der Waals surface area contributed by atoms with E-state index in [1.165, 1.54) is 22.4 Å². The Hall–Kier alpha value is -2.74. The first-order valence-corrected chi connectivity index (χ1v) is 9.74. The molecule has 3 aromatic rings. The normalized spacial score (nSPS) is 29.4. The van der Waals surface area contributed by atoms with Gasteiger partial charge in [0.25, 0.3) is 0 Å². The highest BCUT2D eigenvalue weighted by Gasteiger charge is 2.55. The average molecular weight is 356 g/mol. The molecule has 1 fully saturated rings. The molecule has 1 saturated heterocycles. The third kappa shape index (κ3) is 2.19. The molecule has 4 atom stereocenters. The summed E-state index contributed by atoms with van der Waals surface area (Å²) in [6.07, 6.45) is 0. The molecule has 0 bridgehead atoms. The van der Waals surface area contributed by atoms with E-state index < -0.39 is 6.64 Å². The molecule has 0 radical (unpaired) electrons. The molecule has 136 valence electrons. The fourth-order valence-electron chi connectivity index (χ4n) is 5.21. The van der Waals surface area contributed by atoms with Crippen LogP contribution in [0.5, 0.6) is 0 Å². The lowest BCUT2D eigenvalue weighted by Gasteiger charge is -2.37. The summed E-state index contributed by atoms with van der Waals surface area (Å²) in [6, 6.07) is 28.3. The Morgan fingerprint density at radius 2 is 1.48 bits per heavy atom. The predicted octanol–water partition coefficient (Wildman–Crippen LogP) is 5.36. The van der Waals surface area contributed by atoms with E-state index in [1.807, 2.05) is 0 Å². The third-order valence-corrected chi connectivity index (χ3v) is 6.54. The second-order valence-electron chi connectivity index (χ2n) is 7.99. The molecule has 5 rings (SSSR count). The van der Waals surface area contributed by atoms with Crippen LogP contribution in [0.2, 0.25) is 0 Å². The largest absolute Gasteiger partial charge is 0.349 e. The number of hydrogen-bond acceptors (Lipinski definition) is 2. The second kappa shape index (κ2) is 5.88. The summed E-state index contributed by atoms with van der Waals surface area (Å²) < 4.78 is 9.20. The number of para-hydroxylation sites is 2. The van der Waals surface area contributed by atoms with Crippen LogP contribution in [0.15, 0.2) is 78.9 Å². The maximum absolute atomic E-state index is 9.20. The molecule has 0 aromatic heterocycles. The molecule has 0 saturated carbocycles. The Labute approximate surface area is 163 Å². The summed E-state index contributed by atoms with van der Waals surface area (Å²) in [6.45, 7) is 6.35. The van der Waals surface area contributed by atoms with E-state index in [-0.39, 0.29) is 17.5 Å². The van der Waals surface area contributed by atoms with E-state index >= 15 is 0 Å². The minimum absolute atomic E-state index is 0.159. The Kier molecular flexibility index (Phi) is 3.34. The topological polar surface area (TPSA) is 6.48 Å². The average Bonchev–Trinajstić information content (AvgIpc) is 3.15. The summed E-state index contributed by atoms with van der Waals surface area (Å²) >= 11 is 0. The lowest BCUT2D eigenvalue weighted by molar-refractivity contribution is 0.442. The van der Waals surface area contributed by atoms with Crippen molar-refractivity contribution in [1.29, 1.82) is 0 Å². The van der Waals surface area contributed by atoms with Crippen LogP contribution in [0.4, 0.5) is 11.4 Å². The van der Waals surface area contributed by atoms with Gasteiger partial charge >= 0.3 is 0 Å². The van der Waals surface area contributed by atoms with E-state index in [4.69, 9.17) is 0 Å². The lowest BCUT2D eigenvalue weighted by atomic mass is 9.71. The highest BCUT2D eigenvalue weighted by atomic mass is 15.4. The van der Waals surface area contributed by atoms with E-state index in [1.54, 1.807) is 0 Å². The van der Waals surface area contributed by atoms with Crippen molar-refractivity contribution in [3.05, 3.63) is 95.6 Å². The van der Waals surface area contributed by atoms with E-state index in [2.05, 4.69) is 109 Å². The zero-order valence-corrected chi connectivity index (χ0v) is 16.1. The minimum Gasteiger partial charge on any atom is -0.349 e. The molecule has 2 nitrogen and oxygen atoms in total. The maximum Gasteiger partial charge on any atom is 0.0911 e. The number of fused-ring (bicyclic) bond motifs is 3. The van der Waals surface area contributed by atoms with Gasteiger partial charge in [-0.3, -0.25) is 0 Å². The number of rotatable bonds is 2. The fraction of sp³-hybridized carbons (Fsp3) is 0.280. The molecule has 3 unspecified atom stereocenters. The van der Waals surface area contributed by atoms with Gasteiger partial charge in [0.2, 0.25) is 0 Å². The van der Waals surface area contributed by atoms with Gasteiger partial charge in [-0.2, -0.15) is 0 Å². The number of anilines is 2. The first-order chi connectivity index (χ1) is 13.5. The summed E-state index contributed by atoms with van der Waals surface area (Å²) in [5.74, 6) is 0. The van der Waals surface area contributed by atoms with Crippen LogP contribution < -0.4 is 9.80 Å². The predicted molar refractivity (Wildman–Crippen MR) is 114 cm³/mol. The highest BCUT2D eigenvalue weighted by molar-refractivity contribution is 5.72. The second-order valence-corrected chi connectivity index (χ2v) is 7.99. The van der Waals surface area contributed by atoms with Crippen molar-refractivity contribution < 1.29 is 1.37 Å². The molecule has 0 spiro atoms. The molecule has 0 N–H and O–H groups in total. The number of benzene rings is 3. The fourth-order valence-corrected chi connectivity index (χ4v) is 5.21. The van der Waals surface area contributed by atoms with Crippen LogP contribution >= 0.6 is 0 Å². The molecule has 2 aliphatic rings. The van der Waals surface area contributed by atoms with Crippen molar-refractivity contribution in [2.24, 2.45) is 0 Å². The van der Waals surface area contributed by atoms with Gasteiger partial charge in [-0.25, -0.2) is 0 Å². The van der Waals surface area contributed by atoms with Gasteiger partial charge in [-0.15, -0.1) is 0 Å². The number of nitrogens with zero attached hydrogens (tertiary/aromatic N) is 2. The Bertz CT molecular complexity index is 1020. The van der Waals surface area contributed by atoms with Crippen molar-refractivity contribution in [2.75, 3.05) is 16.4 Å². The van der Waals surface area contributed by atoms with Gasteiger partial charge < -0.3 is 9.80 Å². The number of hydrogen-bond donors (Lipinski definition) is 0. The highest BCUT2D eigenvalue weighted by Crippen LogP contribution is 2.53.